The van der Waals surface area contributed by atoms with E-state index in [0.717, 1.165) is 24.3 Å². The van der Waals surface area contributed by atoms with Crippen LogP contribution in [0.2, 0.25) is 0 Å². The Kier molecular flexibility index (Phi) is 2.89. The molecule has 82 valence electrons. The average Bonchev–Trinajstić information content (AvgIpc) is 2.75. The summed E-state index contributed by atoms with van der Waals surface area (Å²) in [6, 6.07) is 0. The molecule has 1 aliphatic rings. The lowest BCUT2D eigenvalue weighted by atomic mass is 9.97. The highest BCUT2D eigenvalue weighted by Gasteiger charge is 2.27. The van der Waals surface area contributed by atoms with Gasteiger partial charge in [-0.3, -0.25) is 9.48 Å². The number of nitrogens with zero attached hydrogens (tertiary/aromatic N) is 2. The zero-order valence-electron chi connectivity index (χ0n) is 9.44. The summed E-state index contributed by atoms with van der Waals surface area (Å²) < 4.78 is 1.75. The van der Waals surface area contributed by atoms with Crippen LogP contribution in [0.25, 0.3) is 0 Å². The van der Waals surface area contributed by atoms with Crippen molar-refractivity contribution >= 4 is 5.78 Å². The summed E-state index contributed by atoms with van der Waals surface area (Å²) in [7, 11) is 1.88. The van der Waals surface area contributed by atoms with Crippen molar-refractivity contribution in [2.75, 3.05) is 0 Å². The van der Waals surface area contributed by atoms with E-state index in [4.69, 9.17) is 0 Å². The van der Waals surface area contributed by atoms with Crippen LogP contribution in [0.5, 0.6) is 0 Å². The highest BCUT2D eigenvalue weighted by molar-refractivity contribution is 5.83. The van der Waals surface area contributed by atoms with Gasteiger partial charge in [0, 0.05) is 25.6 Å². The van der Waals surface area contributed by atoms with E-state index in [2.05, 4.69) is 12.0 Å². The zero-order chi connectivity index (χ0) is 10.8. The fourth-order valence-electron chi connectivity index (χ4n) is 2.41. The molecule has 2 unspecified atom stereocenters. The van der Waals surface area contributed by atoms with Crippen LogP contribution in [0.3, 0.4) is 0 Å². The van der Waals surface area contributed by atoms with Gasteiger partial charge in [0.05, 0.1) is 6.20 Å². The molecule has 1 aromatic rings. The molecule has 1 fully saturated rings. The summed E-state index contributed by atoms with van der Waals surface area (Å²) in [5.74, 6) is 1.43. The molecule has 0 spiro atoms. The molecule has 0 radical (unpaired) electrons. The van der Waals surface area contributed by atoms with Gasteiger partial charge < -0.3 is 0 Å². The molecule has 0 aliphatic heterocycles. The van der Waals surface area contributed by atoms with E-state index in [-0.39, 0.29) is 0 Å². The molecule has 0 saturated heterocycles. The van der Waals surface area contributed by atoms with Crippen LogP contribution in [0.4, 0.5) is 0 Å². The van der Waals surface area contributed by atoms with Gasteiger partial charge in [-0.15, -0.1) is 0 Å². The molecular weight excluding hydrogens is 188 g/mol. The van der Waals surface area contributed by atoms with Gasteiger partial charge in [0.25, 0.3) is 0 Å². The first-order valence-corrected chi connectivity index (χ1v) is 5.65. The third-order valence-corrected chi connectivity index (χ3v) is 3.29. The summed E-state index contributed by atoms with van der Waals surface area (Å²) in [5.41, 5.74) is 1.04. The number of hydrogen-bond donors (Lipinski definition) is 0. The number of aryl methyl sites for hydroxylation is 1. The maximum absolute atomic E-state index is 11.9. The number of rotatable bonds is 3. The minimum atomic E-state index is 0.306. The summed E-state index contributed by atoms with van der Waals surface area (Å²) in [5, 5.41) is 4.08. The van der Waals surface area contributed by atoms with E-state index in [0.29, 0.717) is 18.1 Å². The van der Waals surface area contributed by atoms with E-state index in [1.54, 1.807) is 10.9 Å². The fourth-order valence-corrected chi connectivity index (χ4v) is 2.41. The molecule has 1 saturated carbocycles. The second-order valence-corrected chi connectivity index (χ2v) is 4.78. The van der Waals surface area contributed by atoms with Gasteiger partial charge in [-0.2, -0.15) is 5.10 Å². The molecule has 15 heavy (non-hydrogen) atoms. The predicted octanol–water partition coefficient (Wildman–Crippen LogP) is 1.97. The molecule has 2 atom stereocenters. The van der Waals surface area contributed by atoms with Crippen LogP contribution in [0.15, 0.2) is 12.4 Å². The molecule has 1 heterocycles. The summed E-state index contributed by atoms with van der Waals surface area (Å²) in [6.07, 6.45) is 7.65. The van der Waals surface area contributed by atoms with E-state index < -0.39 is 0 Å². The second-order valence-electron chi connectivity index (χ2n) is 4.78. The lowest BCUT2D eigenvalue weighted by Crippen LogP contribution is -2.13. The van der Waals surface area contributed by atoms with Crippen LogP contribution in [-0.2, 0) is 18.3 Å². The van der Waals surface area contributed by atoms with Gasteiger partial charge in [-0.25, -0.2) is 0 Å². The maximum atomic E-state index is 11.9. The average molecular weight is 206 g/mol. The van der Waals surface area contributed by atoms with Crippen LogP contribution >= 0.6 is 0 Å². The number of Topliss-reactive ketones (excluding diaryl/α,β-unsaturated/α-hetero) is 1. The topological polar surface area (TPSA) is 34.9 Å². The lowest BCUT2D eigenvalue weighted by molar-refractivity contribution is -0.122. The molecule has 0 amide bonds. The number of aromatic nitrogens is 2. The summed E-state index contributed by atoms with van der Waals surface area (Å²) in [6.45, 7) is 2.23. The fraction of sp³-hybridized carbons (Fsp3) is 0.667. The molecule has 3 heteroatoms. The standard InChI is InChI=1S/C12H18N2O/c1-9-3-4-11(5-9)12(15)6-10-7-13-14(2)8-10/h7-9,11H,3-6H2,1-2H3. The van der Waals surface area contributed by atoms with Crippen molar-refractivity contribution in [3.05, 3.63) is 18.0 Å². The first-order valence-electron chi connectivity index (χ1n) is 5.65. The van der Waals surface area contributed by atoms with Crippen molar-refractivity contribution in [1.82, 2.24) is 9.78 Å². The monoisotopic (exact) mass is 206 g/mol. The first kappa shape index (κ1) is 10.4. The molecule has 1 aliphatic carbocycles. The predicted molar refractivity (Wildman–Crippen MR) is 58.4 cm³/mol. The number of hydrogen-bond acceptors (Lipinski definition) is 2. The van der Waals surface area contributed by atoms with Crippen LogP contribution < -0.4 is 0 Å². The molecule has 2 rings (SSSR count). The Hall–Kier alpha value is -1.12. The van der Waals surface area contributed by atoms with Crippen molar-refractivity contribution in [2.45, 2.75) is 32.6 Å². The third kappa shape index (κ3) is 2.46. The lowest BCUT2D eigenvalue weighted by Gasteiger charge is -2.06. The van der Waals surface area contributed by atoms with Crippen molar-refractivity contribution in [2.24, 2.45) is 18.9 Å². The van der Waals surface area contributed by atoms with Crippen LogP contribution in [0.1, 0.15) is 31.7 Å². The van der Waals surface area contributed by atoms with Crippen molar-refractivity contribution in [1.29, 1.82) is 0 Å². The maximum Gasteiger partial charge on any atom is 0.140 e. The Morgan fingerprint density at radius 1 is 1.60 bits per heavy atom. The van der Waals surface area contributed by atoms with Crippen LogP contribution in [0, 0.1) is 11.8 Å². The molecule has 0 N–H and O–H groups in total. The van der Waals surface area contributed by atoms with E-state index in [1.807, 2.05) is 13.2 Å². The summed E-state index contributed by atoms with van der Waals surface area (Å²) >= 11 is 0. The molecule has 1 aromatic heterocycles. The Balaban J connectivity index is 1.92. The van der Waals surface area contributed by atoms with Crippen molar-refractivity contribution < 1.29 is 4.79 Å². The Labute approximate surface area is 90.5 Å². The smallest absolute Gasteiger partial charge is 0.140 e. The van der Waals surface area contributed by atoms with E-state index >= 15 is 0 Å². The molecule has 3 nitrogen and oxygen atoms in total. The van der Waals surface area contributed by atoms with E-state index in [1.165, 1.54) is 6.42 Å². The SMILES string of the molecule is CC1CCC(C(=O)Cc2cnn(C)c2)C1. The minimum absolute atomic E-state index is 0.306. The molecule has 0 aromatic carbocycles. The largest absolute Gasteiger partial charge is 0.299 e. The Morgan fingerprint density at radius 2 is 2.40 bits per heavy atom. The highest BCUT2D eigenvalue weighted by Crippen LogP contribution is 2.31. The van der Waals surface area contributed by atoms with Crippen molar-refractivity contribution in [3.63, 3.8) is 0 Å². The molecular formula is C12H18N2O. The second kappa shape index (κ2) is 4.17. The summed E-state index contributed by atoms with van der Waals surface area (Å²) in [4.78, 5) is 11.9. The minimum Gasteiger partial charge on any atom is -0.299 e. The molecule has 0 bridgehead atoms. The number of ketones is 1. The third-order valence-electron chi connectivity index (χ3n) is 3.29. The van der Waals surface area contributed by atoms with Gasteiger partial charge in [0.1, 0.15) is 5.78 Å². The highest BCUT2D eigenvalue weighted by atomic mass is 16.1. The van der Waals surface area contributed by atoms with E-state index in [9.17, 15) is 4.79 Å². The van der Waals surface area contributed by atoms with Gasteiger partial charge >= 0.3 is 0 Å². The Morgan fingerprint density at radius 3 is 2.93 bits per heavy atom. The van der Waals surface area contributed by atoms with Gasteiger partial charge in [-0.05, 0) is 30.7 Å². The van der Waals surface area contributed by atoms with Crippen LogP contribution in [-0.4, -0.2) is 15.6 Å². The normalized spacial score (nSPS) is 25.7. The quantitative estimate of drug-likeness (QED) is 0.757. The number of carbonyl (C=O) groups is 1. The zero-order valence-corrected chi connectivity index (χ0v) is 9.44. The van der Waals surface area contributed by atoms with Gasteiger partial charge in [0.15, 0.2) is 0 Å². The van der Waals surface area contributed by atoms with Gasteiger partial charge in [-0.1, -0.05) is 6.92 Å². The van der Waals surface area contributed by atoms with Crippen molar-refractivity contribution in [3.8, 4) is 0 Å². The van der Waals surface area contributed by atoms with Gasteiger partial charge in [0.2, 0.25) is 0 Å². The number of carbonyl (C=O) groups excluding carboxylic acids is 1. The first-order chi connectivity index (χ1) is 7.15. The Bertz CT molecular complexity index is 356.